The number of ether oxygens (including phenoxy) is 2. The molecule has 0 fully saturated rings. The highest BCUT2D eigenvalue weighted by Crippen LogP contribution is 2.32. The Morgan fingerprint density at radius 1 is 1.16 bits per heavy atom. The van der Waals surface area contributed by atoms with Crippen LogP contribution in [-0.4, -0.2) is 37.6 Å². The predicted octanol–water partition coefficient (Wildman–Crippen LogP) is 1.77. The lowest BCUT2D eigenvalue weighted by Gasteiger charge is -2.23. The van der Waals surface area contributed by atoms with Crippen LogP contribution in [0.4, 0.5) is 5.69 Å². The Morgan fingerprint density at radius 3 is 2.56 bits per heavy atom. The maximum Gasteiger partial charge on any atom is 0.240 e. The molecule has 132 valence electrons. The van der Waals surface area contributed by atoms with Crippen LogP contribution in [0.3, 0.4) is 0 Å². The molecule has 0 aliphatic rings. The molecule has 1 heterocycles. The summed E-state index contributed by atoms with van der Waals surface area (Å²) in [6.45, 7) is 1.58. The van der Waals surface area contributed by atoms with Crippen molar-refractivity contribution in [3.8, 4) is 11.5 Å². The molecule has 0 aliphatic carbocycles. The molecule has 0 saturated carbocycles. The molecule has 0 bridgehead atoms. The van der Waals surface area contributed by atoms with Gasteiger partial charge in [0.1, 0.15) is 18.0 Å². The van der Waals surface area contributed by atoms with Gasteiger partial charge in [0.2, 0.25) is 11.8 Å². The quantitative estimate of drug-likeness (QED) is 0.829. The summed E-state index contributed by atoms with van der Waals surface area (Å²) in [7, 11) is 3.04. The van der Waals surface area contributed by atoms with E-state index >= 15 is 0 Å². The molecule has 0 aliphatic heterocycles. The van der Waals surface area contributed by atoms with Gasteiger partial charge in [-0.05, 0) is 24.3 Å². The summed E-state index contributed by atoms with van der Waals surface area (Å²) in [6.07, 6.45) is 1.66. The van der Waals surface area contributed by atoms with E-state index in [1.807, 2.05) is 12.1 Å². The van der Waals surface area contributed by atoms with Gasteiger partial charge in [-0.25, -0.2) is 0 Å². The highest BCUT2D eigenvalue weighted by Gasteiger charge is 2.20. The average Bonchev–Trinajstić information content (AvgIpc) is 2.64. The van der Waals surface area contributed by atoms with E-state index in [2.05, 4.69) is 10.3 Å². The molecule has 0 radical (unpaired) electrons. The lowest BCUT2D eigenvalue weighted by Crippen LogP contribution is -2.39. The molecule has 2 aromatic rings. The number of hydrogen-bond donors (Lipinski definition) is 1. The van der Waals surface area contributed by atoms with Crippen molar-refractivity contribution in [3.63, 3.8) is 0 Å². The molecule has 1 aromatic carbocycles. The second-order valence-corrected chi connectivity index (χ2v) is 5.24. The minimum atomic E-state index is -0.293. The summed E-state index contributed by atoms with van der Waals surface area (Å²) in [6, 6.07) is 10.5. The molecule has 0 spiro atoms. The number of rotatable bonds is 7. The van der Waals surface area contributed by atoms with E-state index in [4.69, 9.17) is 9.47 Å². The largest absolute Gasteiger partial charge is 0.497 e. The van der Waals surface area contributed by atoms with Crippen LogP contribution in [-0.2, 0) is 16.1 Å². The van der Waals surface area contributed by atoms with Crippen LogP contribution in [0, 0.1) is 0 Å². The Morgan fingerprint density at radius 2 is 1.96 bits per heavy atom. The first kappa shape index (κ1) is 18.3. The zero-order valence-electron chi connectivity index (χ0n) is 14.5. The van der Waals surface area contributed by atoms with Gasteiger partial charge < -0.3 is 14.8 Å². The number of nitrogens with zero attached hydrogens (tertiary/aromatic N) is 2. The minimum Gasteiger partial charge on any atom is -0.497 e. The zero-order valence-corrected chi connectivity index (χ0v) is 14.5. The lowest BCUT2D eigenvalue weighted by atomic mass is 10.2. The van der Waals surface area contributed by atoms with Crippen molar-refractivity contribution in [2.75, 3.05) is 25.7 Å². The number of hydrogen-bond acceptors (Lipinski definition) is 5. The van der Waals surface area contributed by atoms with Crippen molar-refractivity contribution >= 4 is 17.5 Å². The zero-order chi connectivity index (χ0) is 18.2. The van der Waals surface area contributed by atoms with Gasteiger partial charge in [0.05, 0.1) is 32.1 Å². The van der Waals surface area contributed by atoms with Crippen LogP contribution in [0.15, 0.2) is 42.6 Å². The third-order valence-corrected chi connectivity index (χ3v) is 3.55. The predicted molar refractivity (Wildman–Crippen MR) is 93.7 cm³/mol. The van der Waals surface area contributed by atoms with Crippen LogP contribution in [0.1, 0.15) is 12.6 Å². The highest BCUT2D eigenvalue weighted by molar-refractivity contribution is 5.98. The van der Waals surface area contributed by atoms with Gasteiger partial charge in [0.25, 0.3) is 0 Å². The molecule has 7 nitrogen and oxygen atoms in total. The third kappa shape index (κ3) is 4.94. The number of carbonyl (C=O) groups is 2. The maximum atomic E-state index is 12.2. The summed E-state index contributed by atoms with van der Waals surface area (Å²) in [5.41, 5.74) is 1.25. The molecule has 1 aromatic heterocycles. The average molecular weight is 343 g/mol. The number of anilines is 1. The number of aromatic nitrogens is 1. The van der Waals surface area contributed by atoms with Gasteiger partial charge in [-0.3, -0.25) is 19.5 Å². The second kappa shape index (κ2) is 8.68. The molecular weight excluding hydrogens is 322 g/mol. The lowest BCUT2D eigenvalue weighted by molar-refractivity contribution is -0.123. The monoisotopic (exact) mass is 343 g/mol. The molecule has 1 N–H and O–H groups in total. The first-order chi connectivity index (χ1) is 12.0. The van der Waals surface area contributed by atoms with Crippen molar-refractivity contribution in [2.45, 2.75) is 13.5 Å². The van der Waals surface area contributed by atoms with E-state index in [0.717, 1.165) is 5.69 Å². The van der Waals surface area contributed by atoms with Crippen molar-refractivity contribution in [2.24, 2.45) is 0 Å². The van der Waals surface area contributed by atoms with Crippen molar-refractivity contribution in [1.29, 1.82) is 0 Å². The first-order valence-corrected chi connectivity index (χ1v) is 7.72. The van der Waals surface area contributed by atoms with E-state index < -0.39 is 0 Å². The van der Waals surface area contributed by atoms with E-state index in [0.29, 0.717) is 23.7 Å². The normalized spacial score (nSPS) is 10.0. The van der Waals surface area contributed by atoms with E-state index in [1.54, 1.807) is 37.6 Å². The van der Waals surface area contributed by atoms with Crippen molar-refractivity contribution in [3.05, 3.63) is 48.3 Å². The van der Waals surface area contributed by atoms with Gasteiger partial charge in [-0.2, -0.15) is 0 Å². The van der Waals surface area contributed by atoms with Crippen molar-refractivity contribution < 1.29 is 19.1 Å². The summed E-state index contributed by atoms with van der Waals surface area (Å²) >= 11 is 0. The molecule has 0 atom stereocenters. The first-order valence-electron chi connectivity index (χ1n) is 7.72. The van der Waals surface area contributed by atoms with Crippen LogP contribution >= 0.6 is 0 Å². The van der Waals surface area contributed by atoms with Gasteiger partial charge in [0.15, 0.2) is 0 Å². The van der Waals surface area contributed by atoms with Gasteiger partial charge in [0, 0.05) is 19.2 Å². The smallest absolute Gasteiger partial charge is 0.240 e. The Bertz CT molecular complexity index is 734. The van der Waals surface area contributed by atoms with Crippen LogP contribution in [0.5, 0.6) is 11.5 Å². The Kier molecular flexibility index (Phi) is 6.33. The molecule has 2 rings (SSSR count). The summed E-state index contributed by atoms with van der Waals surface area (Å²) in [5.74, 6) is 0.492. The van der Waals surface area contributed by atoms with Gasteiger partial charge in [-0.15, -0.1) is 0 Å². The topological polar surface area (TPSA) is 80.8 Å². The fraction of sp³-hybridized carbons (Fsp3) is 0.278. The number of amides is 2. The Hall–Kier alpha value is -3.09. The number of nitrogens with one attached hydrogen (secondary N) is 1. The Balaban J connectivity index is 2.10. The van der Waals surface area contributed by atoms with Gasteiger partial charge >= 0.3 is 0 Å². The van der Waals surface area contributed by atoms with E-state index in [-0.39, 0.29) is 18.4 Å². The minimum absolute atomic E-state index is 0.120. The van der Waals surface area contributed by atoms with E-state index in [1.165, 1.54) is 18.9 Å². The summed E-state index contributed by atoms with van der Waals surface area (Å²) in [5, 5.41) is 2.75. The maximum absolute atomic E-state index is 12.2. The fourth-order valence-electron chi connectivity index (χ4n) is 2.27. The number of carbonyl (C=O) groups excluding carboxylic acids is 2. The number of benzene rings is 1. The number of methoxy groups -OCH3 is 2. The van der Waals surface area contributed by atoms with Crippen molar-refractivity contribution in [1.82, 2.24) is 10.3 Å². The highest BCUT2D eigenvalue weighted by atomic mass is 16.5. The fourth-order valence-corrected chi connectivity index (χ4v) is 2.27. The van der Waals surface area contributed by atoms with Gasteiger partial charge in [-0.1, -0.05) is 6.07 Å². The standard InChI is InChI=1S/C18H21N3O4/c1-13(22)21(16-8-7-15(24-2)10-17(16)25-3)12-18(23)20-11-14-6-4-5-9-19-14/h4-10H,11-12H2,1-3H3,(H,20,23). The Labute approximate surface area is 146 Å². The molecule has 7 heteroatoms. The molecule has 25 heavy (non-hydrogen) atoms. The second-order valence-electron chi connectivity index (χ2n) is 5.24. The van der Waals surface area contributed by atoms with Crippen LogP contribution in [0.25, 0.3) is 0 Å². The third-order valence-electron chi connectivity index (χ3n) is 3.55. The molecule has 2 amide bonds. The molecule has 0 unspecified atom stereocenters. The van der Waals surface area contributed by atoms with E-state index in [9.17, 15) is 9.59 Å². The molecular formula is C18H21N3O4. The molecule has 0 saturated heterocycles. The van der Waals surface area contributed by atoms with Crippen LogP contribution < -0.4 is 19.7 Å². The summed E-state index contributed by atoms with van der Waals surface area (Å²) < 4.78 is 10.5. The number of pyridine rings is 1. The van der Waals surface area contributed by atoms with Crippen LogP contribution in [0.2, 0.25) is 0 Å². The SMILES string of the molecule is COc1ccc(N(CC(=O)NCc2ccccn2)C(C)=O)c(OC)c1. The summed E-state index contributed by atoms with van der Waals surface area (Å²) in [4.78, 5) is 29.7.